The van der Waals surface area contributed by atoms with Gasteiger partial charge in [0.1, 0.15) is 13.2 Å². The number of carboxylic acid groups (broad SMARTS) is 1. The third kappa shape index (κ3) is 66.6. The molecule has 0 aliphatic rings. The van der Waals surface area contributed by atoms with E-state index >= 15 is 0 Å². The Morgan fingerprint density at radius 3 is 1.02 bits per heavy atom. The molecule has 0 heterocycles. The van der Waals surface area contributed by atoms with Crippen LogP contribution in [0.1, 0.15) is 348 Å². The molecule has 0 bridgehead atoms. The molecule has 0 spiro atoms. The summed E-state index contributed by atoms with van der Waals surface area (Å²) in [6, 6.07) is 0. The van der Waals surface area contributed by atoms with Crippen molar-refractivity contribution in [1.82, 2.24) is 0 Å². The number of nitrogens with zero attached hydrogens (tertiary/aromatic N) is 1. The van der Waals surface area contributed by atoms with Crippen LogP contribution in [0.15, 0.2) is 48.6 Å². The Bertz CT molecular complexity index is 1500. The molecule has 83 heavy (non-hydrogen) atoms. The number of esters is 2. The van der Waals surface area contributed by atoms with Gasteiger partial charge in [-0.3, -0.25) is 9.59 Å². The van der Waals surface area contributed by atoms with E-state index in [2.05, 4.69) is 62.5 Å². The second kappa shape index (κ2) is 65.2. The van der Waals surface area contributed by atoms with Gasteiger partial charge in [0, 0.05) is 12.8 Å². The Kier molecular flexibility index (Phi) is 63.1. The third-order valence-corrected chi connectivity index (χ3v) is 16.1. The summed E-state index contributed by atoms with van der Waals surface area (Å²) in [6.45, 7) is 4.78. The molecule has 2 unspecified atom stereocenters. The van der Waals surface area contributed by atoms with E-state index in [9.17, 15) is 19.5 Å². The molecule has 0 aliphatic heterocycles. The van der Waals surface area contributed by atoms with E-state index in [0.717, 1.165) is 70.6 Å². The zero-order valence-electron chi connectivity index (χ0n) is 55.6. The van der Waals surface area contributed by atoms with Crippen molar-refractivity contribution in [2.45, 2.75) is 360 Å². The molecule has 9 nitrogen and oxygen atoms in total. The topological polar surface area (TPSA) is 108 Å². The number of unbranched alkanes of at least 4 members (excludes halogenated alkanes) is 44. The first-order chi connectivity index (χ1) is 40.6. The predicted molar refractivity (Wildman–Crippen MR) is 355 cm³/mol. The summed E-state index contributed by atoms with van der Waals surface area (Å²) in [5.74, 6) is -2.02. The van der Waals surface area contributed by atoms with E-state index in [-0.39, 0.29) is 32.2 Å². The van der Waals surface area contributed by atoms with Gasteiger partial charge >= 0.3 is 17.9 Å². The quantitative estimate of drug-likeness (QED) is 0.0211. The Balaban J connectivity index is 3.90. The van der Waals surface area contributed by atoms with Crippen molar-refractivity contribution in [3.05, 3.63) is 48.6 Å². The minimum absolute atomic E-state index is 0.183. The van der Waals surface area contributed by atoms with Crippen molar-refractivity contribution in [2.75, 3.05) is 47.5 Å². The zero-order valence-corrected chi connectivity index (χ0v) is 55.6. The number of hydrogen-bond donors (Lipinski definition) is 1. The molecular formula is C74H138NO8+. The second-order valence-electron chi connectivity index (χ2n) is 25.5. The predicted octanol–water partition coefficient (Wildman–Crippen LogP) is 22.1. The molecular weight excluding hydrogens is 1030 g/mol. The average Bonchev–Trinajstić information content (AvgIpc) is 3.46. The van der Waals surface area contributed by atoms with E-state index in [1.807, 2.05) is 21.1 Å². The second-order valence-corrected chi connectivity index (χ2v) is 25.5. The molecule has 0 radical (unpaired) electrons. The number of carboxylic acids is 1. The molecule has 1 N–H and O–H groups in total. The highest BCUT2D eigenvalue weighted by Crippen LogP contribution is 2.19. The molecule has 2 atom stereocenters. The van der Waals surface area contributed by atoms with Crippen LogP contribution in [-0.4, -0.2) is 87.4 Å². The number of allylic oxidation sites excluding steroid dienone is 8. The van der Waals surface area contributed by atoms with Crippen LogP contribution in [0.2, 0.25) is 0 Å². The Morgan fingerprint density at radius 1 is 0.373 bits per heavy atom. The SMILES string of the molecule is CC/C=C\C/C=C\C/C=C\C/C=C\CCCCCCC(=O)OC(COC(=O)CCCCCCCCCCCCCCCCCCCCCCCCCCCCCCCCCCCCCCCCCCC)COC(OCC[N+](C)(C)C)C(=O)O. The molecule has 0 amide bonds. The number of carbonyl (C=O) groups excluding carboxylic acids is 2. The van der Waals surface area contributed by atoms with Crippen LogP contribution in [0.5, 0.6) is 0 Å². The molecule has 0 aromatic carbocycles. The van der Waals surface area contributed by atoms with Crippen molar-refractivity contribution in [3.8, 4) is 0 Å². The average molecular weight is 1170 g/mol. The molecule has 486 valence electrons. The van der Waals surface area contributed by atoms with Crippen LogP contribution >= 0.6 is 0 Å². The van der Waals surface area contributed by atoms with Crippen LogP contribution in [0.3, 0.4) is 0 Å². The summed E-state index contributed by atoms with van der Waals surface area (Å²) < 4.78 is 22.9. The molecule has 0 saturated carbocycles. The van der Waals surface area contributed by atoms with Gasteiger partial charge in [-0.25, -0.2) is 4.79 Å². The summed E-state index contributed by atoms with van der Waals surface area (Å²) in [5.41, 5.74) is 0. The van der Waals surface area contributed by atoms with E-state index in [1.54, 1.807) is 0 Å². The van der Waals surface area contributed by atoms with E-state index in [1.165, 1.54) is 244 Å². The monoisotopic (exact) mass is 1170 g/mol. The fourth-order valence-electron chi connectivity index (χ4n) is 10.7. The van der Waals surface area contributed by atoms with E-state index in [4.69, 9.17) is 18.9 Å². The lowest BCUT2D eigenvalue weighted by molar-refractivity contribution is -0.870. The largest absolute Gasteiger partial charge is 0.477 e. The van der Waals surface area contributed by atoms with Crippen LogP contribution in [-0.2, 0) is 33.3 Å². The number of quaternary nitrogens is 1. The lowest BCUT2D eigenvalue weighted by atomic mass is 10.0. The molecule has 0 aromatic heterocycles. The third-order valence-electron chi connectivity index (χ3n) is 16.1. The number of rotatable bonds is 67. The van der Waals surface area contributed by atoms with Gasteiger partial charge < -0.3 is 28.5 Å². The molecule has 0 saturated heterocycles. The molecule has 0 rings (SSSR count). The normalized spacial score (nSPS) is 12.9. The van der Waals surface area contributed by atoms with Crippen molar-refractivity contribution in [1.29, 1.82) is 0 Å². The first-order valence-electron chi connectivity index (χ1n) is 35.8. The molecule has 0 aliphatic carbocycles. The van der Waals surface area contributed by atoms with Gasteiger partial charge in [-0.1, -0.05) is 332 Å². The van der Waals surface area contributed by atoms with E-state index < -0.39 is 24.3 Å². The van der Waals surface area contributed by atoms with Gasteiger partial charge in [-0.05, 0) is 51.4 Å². The summed E-state index contributed by atoms with van der Waals surface area (Å²) >= 11 is 0. The highest BCUT2D eigenvalue weighted by Gasteiger charge is 2.25. The van der Waals surface area contributed by atoms with E-state index in [0.29, 0.717) is 23.9 Å². The van der Waals surface area contributed by atoms with Crippen molar-refractivity contribution >= 4 is 17.9 Å². The maximum absolute atomic E-state index is 12.9. The van der Waals surface area contributed by atoms with Gasteiger partial charge in [0.25, 0.3) is 6.29 Å². The Morgan fingerprint density at radius 2 is 0.687 bits per heavy atom. The Hall–Kier alpha value is -2.75. The lowest BCUT2D eigenvalue weighted by Crippen LogP contribution is -2.40. The highest BCUT2D eigenvalue weighted by molar-refractivity contribution is 5.71. The van der Waals surface area contributed by atoms with Gasteiger partial charge in [0.2, 0.25) is 0 Å². The summed E-state index contributed by atoms with van der Waals surface area (Å²) in [4.78, 5) is 37.5. The van der Waals surface area contributed by atoms with Crippen molar-refractivity contribution in [3.63, 3.8) is 0 Å². The maximum Gasteiger partial charge on any atom is 0.361 e. The minimum atomic E-state index is -1.52. The molecule has 0 fully saturated rings. The van der Waals surface area contributed by atoms with Gasteiger partial charge in [0.15, 0.2) is 6.10 Å². The van der Waals surface area contributed by atoms with Crippen LogP contribution in [0.4, 0.5) is 0 Å². The summed E-state index contributed by atoms with van der Waals surface area (Å²) in [7, 11) is 5.97. The Labute approximate surface area is 514 Å². The van der Waals surface area contributed by atoms with Crippen LogP contribution in [0, 0.1) is 0 Å². The number of aliphatic carboxylic acids is 1. The molecule has 9 heteroatoms. The molecule has 0 aromatic rings. The zero-order chi connectivity index (χ0) is 60.5. The number of likely N-dealkylation sites (N-methyl/N-ethyl adjacent to an activating group) is 1. The number of carbonyl (C=O) groups is 3. The standard InChI is InChI=1S/C74H137NO8/c1-6-8-10-12-14-16-18-20-22-24-25-26-27-28-29-30-31-32-33-34-35-36-37-38-39-40-41-42-43-44-45-46-47-49-50-52-54-56-58-60-62-64-71(76)81-68-70(69-82-74(73(78)79)80-67-66-75(3,4)5)83-72(77)65-63-61-59-57-55-53-51-48-23-21-19-17-15-13-11-9-7-2/h9,11,15,17,21,23,51,53,70,74H,6-8,10,12-14,16,18-20,22,24-50,52,54-69H2,1-5H3/p+1/b11-9-,17-15-,23-21-,53-51-. The maximum atomic E-state index is 12.9. The summed E-state index contributed by atoms with van der Waals surface area (Å²) in [6.07, 6.45) is 81.3. The van der Waals surface area contributed by atoms with Crippen LogP contribution < -0.4 is 0 Å². The minimum Gasteiger partial charge on any atom is -0.477 e. The fourth-order valence-corrected chi connectivity index (χ4v) is 10.7. The first-order valence-corrected chi connectivity index (χ1v) is 35.8. The lowest BCUT2D eigenvalue weighted by Gasteiger charge is -2.25. The van der Waals surface area contributed by atoms with Gasteiger partial charge in [-0.15, -0.1) is 0 Å². The fraction of sp³-hybridized carbons (Fsp3) is 0.851. The highest BCUT2D eigenvalue weighted by atomic mass is 16.7. The van der Waals surface area contributed by atoms with Crippen molar-refractivity contribution < 1.29 is 42.9 Å². The number of ether oxygens (including phenoxy) is 4. The van der Waals surface area contributed by atoms with Crippen molar-refractivity contribution in [2.24, 2.45) is 0 Å². The van der Waals surface area contributed by atoms with Gasteiger partial charge in [-0.2, -0.15) is 0 Å². The first kappa shape index (κ1) is 80.2. The van der Waals surface area contributed by atoms with Gasteiger partial charge in [0.05, 0.1) is 34.4 Å². The number of hydrogen-bond acceptors (Lipinski definition) is 7. The smallest absolute Gasteiger partial charge is 0.361 e. The van der Waals surface area contributed by atoms with Crippen LogP contribution in [0.25, 0.3) is 0 Å². The summed E-state index contributed by atoms with van der Waals surface area (Å²) in [5, 5.41) is 9.72.